The molecule has 0 saturated heterocycles. The van der Waals surface area contributed by atoms with Crippen molar-refractivity contribution in [1.29, 1.82) is 0 Å². The van der Waals surface area contributed by atoms with E-state index in [4.69, 9.17) is 14.3 Å². The number of benzene rings is 2. The summed E-state index contributed by atoms with van der Waals surface area (Å²) in [6.45, 7) is 1.86. The van der Waals surface area contributed by atoms with Crippen LogP contribution in [0.25, 0.3) is 11.3 Å². The molecule has 2 aromatic carbocycles. The number of aliphatic carboxylic acids is 1. The van der Waals surface area contributed by atoms with Crippen LogP contribution in [0, 0.1) is 24.5 Å². The standard InChI is InChI=1S/C28H29F2NO5/c1-17-23(16-25(35-17)22-12-9-20(29)15-24(22)30)27(18-5-3-2-4-6-18)36-21-10-7-19(8-11-21)28(34)31-14-13-26(32)33/h7-12,15-16,18,27H,2-6,13-14H2,1H3,(H,31,34)(H,32,33). The van der Waals surface area contributed by atoms with E-state index in [1.165, 1.54) is 18.6 Å². The molecule has 1 aliphatic carbocycles. The van der Waals surface area contributed by atoms with E-state index in [2.05, 4.69) is 5.32 Å². The first kappa shape index (κ1) is 25.4. The van der Waals surface area contributed by atoms with E-state index < -0.39 is 17.6 Å². The zero-order chi connectivity index (χ0) is 25.7. The number of hydrogen-bond acceptors (Lipinski definition) is 4. The van der Waals surface area contributed by atoms with E-state index >= 15 is 0 Å². The summed E-state index contributed by atoms with van der Waals surface area (Å²) in [6, 6.07) is 11.8. The maximum Gasteiger partial charge on any atom is 0.305 e. The van der Waals surface area contributed by atoms with Crippen molar-refractivity contribution >= 4 is 11.9 Å². The molecular weight excluding hydrogens is 468 g/mol. The number of amides is 1. The summed E-state index contributed by atoms with van der Waals surface area (Å²) in [7, 11) is 0. The van der Waals surface area contributed by atoms with Crippen LogP contribution in [0.2, 0.25) is 0 Å². The SMILES string of the molecule is Cc1oc(-c2ccc(F)cc2F)cc1C(Oc1ccc(C(=O)NCCC(=O)O)cc1)C1CCCCC1. The van der Waals surface area contributed by atoms with Gasteiger partial charge in [0.05, 0.1) is 12.0 Å². The predicted molar refractivity (Wildman–Crippen MR) is 130 cm³/mol. The maximum atomic E-state index is 14.4. The average molecular weight is 498 g/mol. The molecule has 0 bridgehead atoms. The fourth-order valence-electron chi connectivity index (χ4n) is 4.67. The lowest BCUT2D eigenvalue weighted by Gasteiger charge is -2.30. The van der Waals surface area contributed by atoms with Crippen LogP contribution in [0.1, 0.15) is 66.3 Å². The molecule has 1 amide bonds. The van der Waals surface area contributed by atoms with Gasteiger partial charge < -0.3 is 19.6 Å². The third-order valence-electron chi connectivity index (χ3n) is 6.54. The number of furan rings is 1. The zero-order valence-electron chi connectivity index (χ0n) is 20.1. The first-order valence-electron chi connectivity index (χ1n) is 12.1. The number of carboxylic acids is 1. The van der Waals surface area contributed by atoms with Crippen LogP contribution in [-0.2, 0) is 4.79 Å². The fraction of sp³-hybridized carbons (Fsp3) is 0.357. The number of aryl methyl sites for hydroxylation is 1. The fourth-order valence-corrected chi connectivity index (χ4v) is 4.67. The lowest BCUT2D eigenvalue weighted by atomic mass is 9.82. The van der Waals surface area contributed by atoms with Crippen molar-refractivity contribution in [2.75, 3.05) is 6.54 Å². The lowest BCUT2D eigenvalue weighted by Crippen LogP contribution is -2.26. The first-order valence-corrected chi connectivity index (χ1v) is 12.1. The predicted octanol–water partition coefficient (Wildman–Crippen LogP) is 6.44. The summed E-state index contributed by atoms with van der Waals surface area (Å²) < 4.78 is 40.1. The first-order chi connectivity index (χ1) is 17.3. The lowest BCUT2D eigenvalue weighted by molar-refractivity contribution is -0.136. The summed E-state index contributed by atoms with van der Waals surface area (Å²) in [6.07, 6.45) is 4.85. The van der Waals surface area contributed by atoms with Gasteiger partial charge in [-0.05, 0) is 62.2 Å². The molecule has 1 heterocycles. The van der Waals surface area contributed by atoms with Crippen molar-refractivity contribution in [3.05, 3.63) is 77.1 Å². The summed E-state index contributed by atoms with van der Waals surface area (Å²) >= 11 is 0. The Morgan fingerprint density at radius 2 is 1.81 bits per heavy atom. The van der Waals surface area contributed by atoms with Crippen LogP contribution >= 0.6 is 0 Å². The van der Waals surface area contributed by atoms with E-state index in [-0.39, 0.29) is 36.5 Å². The quantitative estimate of drug-likeness (QED) is 0.355. The van der Waals surface area contributed by atoms with Crippen LogP contribution in [0.3, 0.4) is 0 Å². The normalized spacial score (nSPS) is 14.9. The Morgan fingerprint density at radius 1 is 1.08 bits per heavy atom. The van der Waals surface area contributed by atoms with Gasteiger partial charge in [0.2, 0.25) is 0 Å². The number of carbonyl (C=O) groups excluding carboxylic acids is 1. The second kappa shape index (κ2) is 11.4. The third-order valence-corrected chi connectivity index (χ3v) is 6.54. The molecule has 1 fully saturated rings. The van der Waals surface area contributed by atoms with Gasteiger partial charge in [-0.25, -0.2) is 8.78 Å². The van der Waals surface area contributed by atoms with Crippen molar-refractivity contribution < 1.29 is 32.6 Å². The Labute approximate surface area is 208 Å². The van der Waals surface area contributed by atoms with E-state index in [9.17, 15) is 18.4 Å². The smallest absolute Gasteiger partial charge is 0.305 e. The molecule has 36 heavy (non-hydrogen) atoms. The van der Waals surface area contributed by atoms with Gasteiger partial charge in [0.25, 0.3) is 5.91 Å². The molecule has 0 aliphatic heterocycles. The minimum absolute atomic E-state index is 0.0485. The summed E-state index contributed by atoms with van der Waals surface area (Å²) in [4.78, 5) is 22.9. The number of carboxylic acid groups (broad SMARTS) is 1. The topological polar surface area (TPSA) is 88.8 Å². The van der Waals surface area contributed by atoms with Gasteiger partial charge in [-0.15, -0.1) is 0 Å². The number of nitrogens with one attached hydrogen (secondary N) is 1. The molecular formula is C28H29F2NO5. The Morgan fingerprint density at radius 3 is 2.47 bits per heavy atom. The molecule has 1 aliphatic rings. The second-order valence-corrected chi connectivity index (χ2v) is 9.11. The molecule has 2 N–H and O–H groups in total. The molecule has 0 radical (unpaired) electrons. The van der Waals surface area contributed by atoms with Gasteiger partial charge in [0.15, 0.2) is 0 Å². The zero-order valence-corrected chi connectivity index (χ0v) is 20.1. The van der Waals surface area contributed by atoms with E-state index in [1.54, 1.807) is 30.3 Å². The van der Waals surface area contributed by atoms with Crippen molar-refractivity contribution in [3.63, 3.8) is 0 Å². The minimum Gasteiger partial charge on any atom is -0.485 e. The van der Waals surface area contributed by atoms with Crippen LogP contribution in [0.4, 0.5) is 8.78 Å². The highest BCUT2D eigenvalue weighted by Gasteiger charge is 2.30. The Hall–Kier alpha value is -3.68. The number of halogens is 2. The second-order valence-electron chi connectivity index (χ2n) is 9.11. The number of hydrogen-bond donors (Lipinski definition) is 2. The highest BCUT2D eigenvalue weighted by Crippen LogP contribution is 2.41. The van der Waals surface area contributed by atoms with Crippen LogP contribution in [0.15, 0.2) is 52.9 Å². The maximum absolute atomic E-state index is 14.4. The van der Waals surface area contributed by atoms with Crippen molar-refractivity contribution in [3.8, 4) is 17.1 Å². The van der Waals surface area contributed by atoms with E-state index in [0.29, 0.717) is 22.8 Å². The monoisotopic (exact) mass is 497 g/mol. The molecule has 0 spiro atoms. The van der Waals surface area contributed by atoms with Gasteiger partial charge in [-0.1, -0.05) is 19.3 Å². The number of rotatable bonds is 9. The van der Waals surface area contributed by atoms with Gasteiger partial charge >= 0.3 is 5.97 Å². The Balaban J connectivity index is 1.56. The van der Waals surface area contributed by atoms with Crippen molar-refractivity contribution in [2.45, 2.75) is 51.6 Å². The molecule has 1 saturated carbocycles. The summed E-state index contributed by atoms with van der Waals surface area (Å²) in [5.74, 6) is -0.944. The number of ether oxygens (including phenoxy) is 1. The highest BCUT2D eigenvalue weighted by molar-refractivity contribution is 5.94. The van der Waals surface area contributed by atoms with Crippen LogP contribution in [-0.4, -0.2) is 23.5 Å². The largest absolute Gasteiger partial charge is 0.485 e. The average Bonchev–Trinajstić information content (AvgIpc) is 3.24. The van der Waals surface area contributed by atoms with Crippen LogP contribution in [0.5, 0.6) is 5.75 Å². The molecule has 6 nitrogen and oxygen atoms in total. The highest BCUT2D eigenvalue weighted by atomic mass is 19.1. The van der Waals surface area contributed by atoms with Crippen LogP contribution < -0.4 is 10.1 Å². The molecule has 1 atom stereocenters. The van der Waals surface area contributed by atoms with Crippen molar-refractivity contribution in [2.24, 2.45) is 5.92 Å². The van der Waals surface area contributed by atoms with E-state index in [1.807, 2.05) is 6.92 Å². The third kappa shape index (κ3) is 6.11. The van der Waals surface area contributed by atoms with Gasteiger partial charge in [0, 0.05) is 29.7 Å². The minimum atomic E-state index is -0.979. The van der Waals surface area contributed by atoms with E-state index in [0.717, 1.165) is 37.3 Å². The summed E-state index contributed by atoms with van der Waals surface area (Å²) in [5, 5.41) is 11.3. The molecule has 1 unspecified atom stereocenters. The van der Waals surface area contributed by atoms with Gasteiger partial charge in [-0.2, -0.15) is 0 Å². The molecule has 1 aromatic heterocycles. The van der Waals surface area contributed by atoms with Crippen molar-refractivity contribution in [1.82, 2.24) is 5.32 Å². The number of carbonyl (C=O) groups is 2. The van der Waals surface area contributed by atoms with Gasteiger partial charge in [0.1, 0.15) is 35.0 Å². The molecule has 3 aromatic rings. The Bertz CT molecular complexity index is 1220. The summed E-state index contributed by atoms with van der Waals surface area (Å²) in [5.41, 5.74) is 1.40. The van der Waals surface area contributed by atoms with Gasteiger partial charge in [-0.3, -0.25) is 9.59 Å². The molecule has 190 valence electrons. The Kier molecular flexibility index (Phi) is 8.03. The molecule has 8 heteroatoms. The molecule has 4 rings (SSSR count).